The second kappa shape index (κ2) is 12.8. The summed E-state index contributed by atoms with van der Waals surface area (Å²) >= 11 is 0. The summed E-state index contributed by atoms with van der Waals surface area (Å²) in [4.78, 5) is 20.8. The summed E-state index contributed by atoms with van der Waals surface area (Å²) in [5.41, 5.74) is 12.9. The molecule has 58 heavy (non-hydrogen) atoms. The lowest BCUT2D eigenvalue weighted by Crippen LogP contribution is -2.06. The van der Waals surface area contributed by atoms with Gasteiger partial charge in [-0.25, -0.2) is 19.9 Å². The van der Waals surface area contributed by atoms with E-state index in [0.717, 1.165) is 89.2 Å². The summed E-state index contributed by atoms with van der Waals surface area (Å²) in [5, 5.41) is 5.74. The molecule has 12 aromatic rings. The van der Waals surface area contributed by atoms with E-state index in [9.17, 15) is 0 Å². The Morgan fingerprint density at radius 2 is 0.966 bits per heavy atom. The molecule has 0 aliphatic rings. The number of hydrogen-bond acceptors (Lipinski definition) is 4. The van der Waals surface area contributed by atoms with Crippen molar-refractivity contribution >= 4 is 60.2 Å². The second-order valence-electron chi connectivity index (χ2n) is 14.7. The molecule has 0 fully saturated rings. The molecule has 270 valence electrons. The zero-order valence-corrected chi connectivity index (χ0v) is 31.2. The molecule has 0 radical (unpaired) electrons. The van der Waals surface area contributed by atoms with Crippen LogP contribution in [-0.4, -0.2) is 28.9 Å². The van der Waals surface area contributed by atoms with E-state index in [1.165, 1.54) is 16.2 Å². The van der Waals surface area contributed by atoms with Gasteiger partial charge in [0.2, 0.25) is 5.95 Å². The van der Waals surface area contributed by atoms with Gasteiger partial charge in [0.15, 0.2) is 5.82 Å². The molecule has 0 aliphatic carbocycles. The maximum atomic E-state index is 5.40. The molecular weight excluding hydrogens is 709 g/mol. The van der Waals surface area contributed by atoms with Gasteiger partial charge in [0.05, 0.1) is 39.0 Å². The van der Waals surface area contributed by atoms with E-state index in [1.807, 2.05) is 48.5 Å². The van der Waals surface area contributed by atoms with Crippen LogP contribution in [0.15, 0.2) is 194 Å². The summed E-state index contributed by atoms with van der Waals surface area (Å²) in [6.07, 6.45) is 0. The van der Waals surface area contributed by atoms with Gasteiger partial charge in [-0.15, -0.1) is 0 Å². The SMILES string of the molecule is c1ccc(-c2cc(-c3ccccc3)nc(-c3cccc(-c4ccc5c(c4)c4c6ccccc6ccc4n5-c4nc5ccccc5c5nc6ccccc6n45)c3)n2)cc1. The van der Waals surface area contributed by atoms with Gasteiger partial charge >= 0.3 is 0 Å². The molecule has 8 aromatic carbocycles. The molecule has 0 bridgehead atoms. The van der Waals surface area contributed by atoms with Crippen LogP contribution < -0.4 is 0 Å². The van der Waals surface area contributed by atoms with Crippen LogP contribution >= 0.6 is 0 Å². The van der Waals surface area contributed by atoms with Crippen molar-refractivity contribution in [3.8, 4) is 51.0 Å². The summed E-state index contributed by atoms with van der Waals surface area (Å²) in [5.74, 6) is 1.49. The fourth-order valence-electron chi connectivity index (χ4n) is 8.59. The highest BCUT2D eigenvalue weighted by molar-refractivity contribution is 6.22. The Kier molecular flexibility index (Phi) is 7.13. The Balaban J connectivity index is 1.09. The van der Waals surface area contributed by atoms with Gasteiger partial charge in [-0.2, -0.15) is 0 Å². The van der Waals surface area contributed by atoms with Gasteiger partial charge in [0.1, 0.15) is 5.65 Å². The molecule has 12 rings (SSSR count). The van der Waals surface area contributed by atoms with Gasteiger partial charge in [-0.1, -0.05) is 140 Å². The lowest BCUT2D eigenvalue weighted by atomic mass is 9.98. The number of benzene rings is 8. The predicted molar refractivity (Wildman–Crippen MR) is 237 cm³/mol. The lowest BCUT2D eigenvalue weighted by molar-refractivity contribution is 0.980. The third-order valence-corrected chi connectivity index (χ3v) is 11.3. The minimum Gasteiger partial charge on any atom is -0.279 e. The average molecular weight is 741 g/mol. The van der Waals surface area contributed by atoms with E-state index >= 15 is 0 Å². The number of fused-ring (bicyclic) bond motifs is 10. The smallest absolute Gasteiger partial charge is 0.221 e. The number of aromatic nitrogens is 6. The Bertz CT molecular complexity index is 3510. The third kappa shape index (κ3) is 5.05. The molecule has 0 unspecified atom stereocenters. The van der Waals surface area contributed by atoms with Crippen molar-refractivity contribution in [3.05, 3.63) is 194 Å². The molecule has 6 nitrogen and oxygen atoms in total. The largest absolute Gasteiger partial charge is 0.279 e. The Hall–Kier alpha value is -7.96. The predicted octanol–water partition coefficient (Wildman–Crippen LogP) is 12.7. The Morgan fingerprint density at radius 3 is 1.76 bits per heavy atom. The molecule has 0 spiro atoms. The van der Waals surface area contributed by atoms with Crippen molar-refractivity contribution in [1.82, 2.24) is 28.9 Å². The quantitative estimate of drug-likeness (QED) is 0.176. The van der Waals surface area contributed by atoms with Crippen molar-refractivity contribution in [2.45, 2.75) is 0 Å². The first-order valence-electron chi connectivity index (χ1n) is 19.5. The van der Waals surface area contributed by atoms with Gasteiger partial charge in [-0.3, -0.25) is 8.97 Å². The van der Waals surface area contributed by atoms with Gasteiger partial charge in [-0.05, 0) is 76.5 Å². The minimum atomic E-state index is 0.685. The number of hydrogen-bond donors (Lipinski definition) is 0. The maximum absolute atomic E-state index is 5.40. The molecule has 0 N–H and O–H groups in total. The number of imidazole rings is 1. The van der Waals surface area contributed by atoms with E-state index in [2.05, 4.69) is 155 Å². The first-order valence-corrected chi connectivity index (χ1v) is 19.5. The van der Waals surface area contributed by atoms with E-state index in [4.69, 9.17) is 19.9 Å². The topological polar surface area (TPSA) is 60.9 Å². The van der Waals surface area contributed by atoms with Crippen LogP contribution in [-0.2, 0) is 0 Å². The fourth-order valence-corrected chi connectivity index (χ4v) is 8.59. The van der Waals surface area contributed by atoms with Gasteiger partial charge in [0, 0.05) is 32.8 Å². The zero-order valence-electron chi connectivity index (χ0n) is 31.2. The molecule has 6 heteroatoms. The normalized spacial score (nSPS) is 11.8. The van der Waals surface area contributed by atoms with Crippen LogP contribution in [0.4, 0.5) is 0 Å². The van der Waals surface area contributed by atoms with E-state index in [1.54, 1.807) is 0 Å². The molecule has 0 saturated heterocycles. The fraction of sp³-hybridized carbons (Fsp3) is 0. The van der Waals surface area contributed by atoms with E-state index < -0.39 is 0 Å². The second-order valence-corrected chi connectivity index (χ2v) is 14.7. The number of rotatable bonds is 5. The number of nitrogens with zero attached hydrogens (tertiary/aromatic N) is 6. The van der Waals surface area contributed by atoms with Gasteiger partial charge < -0.3 is 0 Å². The van der Waals surface area contributed by atoms with Crippen molar-refractivity contribution in [2.75, 3.05) is 0 Å². The van der Waals surface area contributed by atoms with E-state index in [0.29, 0.717) is 5.82 Å². The highest BCUT2D eigenvalue weighted by Gasteiger charge is 2.22. The Morgan fingerprint density at radius 1 is 0.345 bits per heavy atom. The van der Waals surface area contributed by atoms with Crippen molar-refractivity contribution < 1.29 is 0 Å². The van der Waals surface area contributed by atoms with Crippen LogP contribution in [0.1, 0.15) is 0 Å². The highest BCUT2D eigenvalue weighted by Crippen LogP contribution is 2.40. The molecule has 0 atom stereocenters. The molecule has 0 aliphatic heterocycles. The van der Waals surface area contributed by atoms with Crippen molar-refractivity contribution in [2.24, 2.45) is 0 Å². The average Bonchev–Trinajstić information content (AvgIpc) is 3.86. The van der Waals surface area contributed by atoms with Crippen LogP contribution in [0, 0.1) is 0 Å². The monoisotopic (exact) mass is 740 g/mol. The number of para-hydroxylation sites is 3. The van der Waals surface area contributed by atoms with Crippen LogP contribution in [0.2, 0.25) is 0 Å². The minimum absolute atomic E-state index is 0.685. The van der Waals surface area contributed by atoms with Crippen molar-refractivity contribution in [3.63, 3.8) is 0 Å². The molecule has 4 aromatic heterocycles. The third-order valence-electron chi connectivity index (χ3n) is 11.3. The van der Waals surface area contributed by atoms with E-state index in [-0.39, 0.29) is 0 Å². The lowest BCUT2D eigenvalue weighted by Gasteiger charge is -2.13. The molecule has 4 heterocycles. The van der Waals surface area contributed by atoms with Gasteiger partial charge in [0.25, 0.3) is 0 Å². The summed E-state index contributed by atoms with van der Waals surface area (Å²) in [7, 11) is 0. The highest BCUT2D eigenvalue weighted by atomic mass is 15.2. The van der Waals surface area contributed by atoms with Crippen LogP contribution in [0.3, 0.4) is 0 Å². The molecule has 0 amide bonds. The zero-order chi connectivity index (χ0) is 38.2. The summed E-state index contributed by atoms with van der Waals surface area (Å²) in [6, 6.07) is 67.8. The van der Waals surface area contributed by atoms with Crippen molar-refractivity contribution in [1.29, 1.82) is 0 Å². The summed E-state index contributed by atoms with van der Waals surface area (Å²) < 4.78 is 4.54. The maximum Gasteiger partial charge on any atom is 0.221 e. The standard InChI is InChI=1S/C52H32N6/c1-3-15-34(16-4-1)44-32-45(35-17-5-2-6-18-35)54-50(53-44)38-20-13-19-36(30-38)37-27-28-46-41(31-37)49-39-21-8-7-14-33(39)26-29-48(49)57(46)52-56-42-23-10-9-22-40(42)51-55-43-24-11-12-25-47(43)58(51)52/h1-32H. The van der Waals surface area contributed by atoms with Crippen LogP contribution in [0.25, 0.3) is 111 Å². The summed E-state index contributed by atoms with van der Waals surface area (Å²) in [6.45, 7) is 0. The first-order chi connectivity index (χ1) is 28.7. The van der Waals surface area contributed by atoms with Crippen LogP contribution in [0.5, 0.6) is 0 Å². The molecule has 0 saturated carbocycles. The first kappa shape index (κ1) is 32.3. The molecular formula is C52H32N6. The Labute approximate surface area is 333 Å².